The molecule has 0 spiro atoms. The summed E-state index contributed by atoms with van der Waals surface area (Å²) in [7, 11) is 1.98. The molecular formula is C30H30F3N7O. The molecule has 8 nitrogen and oxygen atoms in total. The molecule has 2 aromatic carbocycles. The highest BCUT2D eigenvalue weighted by Crippen LogP contribution is 2.36. The maximum Gasteiger partial charge on any atom is 0.417 e. The molecule has 1 amide bonds. The van der Waals surface area contributed by atoms with Gasteiger partial charge in [0.2, 0.25) is 5.95 Å². The van der Waals surface area contributed by atoms with Crippen LogP contribution in [0.4, 0.5) is 30.5 Å². The number of aryl methyl sites for hydroxylation is 1. The van der Waals surface area contributed by atoms with Crippen LogP contribution >= 0.6 is 0 Å². The van der Waals surface area contributed by atoms with Gasteiger partial charge in [-0.15, -0.1) is 0 Å². The standard InChI is InChI=1S/C30H30F3N7O/c1-19-6-8-22(16-26(19)39-29-36-11-10-25(38-29)27-17-34-12-13-35-27)37-28(41)23-9-7-20(15-24(23)30(31,32)33)21-5-3-4-14-40(2)18-21/h6-13,15-17,21H,3-5,14,18H2,1-2H3,(H,37,41)(H,36,38,39). The van der Waals surface area contributed by atoms with E-state index in [-0.39, 0.29) is 5.92 Å². The predicted octanol–water partition coefficient (Wildman–Crippen LogP) is 6.46. The Balaban J connectivity index is 1.37. The number of nitrogens with zero attached hydrogens (tertiary/aromatic N) is 5. The van der Waals surface area contributed by atoms with Crippen molar-refractivity contribution in [2.75, 3.05) is 30.8 Å². The Morgan fingerprint density at radius 3 is 2.63 bits per heavy atom. The number of alkyl halides is 3. The molecule has 0 bridgehead atoms. The molecule has 3 heterocycles. The van der Waals surface area contributed by atoms with E-state index in [1.165, 1.54) is 6.07 Å². The van der Waals surface area contributed by atoms with Crippen LogP contribution in [0.1, 0.15) is 52.2 Å². The second-order valence-electron chi connectivity index (χ2n) is 10.2. The zero-order valence-electron chi connectivity index (χ0n) is 22.7. The highest BCUT2D eigenvalue weighted by atomic mass is 19.4. The first kappa shape index (κ1) is 28.2. The van der Waals surface area contributed by atoms with Crippen molar-refractivity contribution in [3.05, 3.63) is 89.5 Å². The molecule has 41 heavy (non-hydrogen) atoms. The summed E-state index contributed by atoms with van der Waals surface area (Å²) < 4.78 is 42.4. The van der Waals surface area contributed by atoms with Crippen molar-refractivity contribution < 1.29 is 18.0 Å². The fourth-order valence-corrected chi connectivity index (χ4v) is 5.00. The summed E-state index contributed by atoms with van der Waals surface area (Å²) in [6.07, 6.45) is 4.41. The lowest BCUT2D eigenvalue weighted by molar-refractivity contribution is -0.138. The summed E-state index contributed by atoms with van der Waals surface area (Å²) in [4.78, 5) is 32.3. The summed E-state index contributed by atoms with van der Waals surface area (Å²) in [6.45, 7) is 3.47. The Kier molecular flexibility index (Phi) is 8.25. The number of likely N-dealkylation sites (tertiary alicyclic amines) is 1. The molecule has 1 saturated heterocycles. The van der Waals surface area contributed by atoms with Crippen molar-refractivity contribution in [3.63, 3.8) is 0 Å². The molecule has 0 radical (unpaired) electrons. The summed E-state index contributed by atoms with van der Waals surface area (Å²) >= 11 is 0. The maximum atomic E-state index is 14.1. The van der Waals surface area contributed by atoms with Crippen molar-refractivity contribution in [1.82, 2.24) is 24.8 Å². The molecule has 0 saturated carbocycles. The summed E-state index contributed by atoms with van der Waals surface area (Å²) in [6, 6.07) is 10.8. The minimum atomic E-state index is -4.68. The number of aromatic nitrogens is 4. The van der Waals surface area contributed by atoms with E-state index < -0.39 is 23.2 Å². The highest BCUT2D eigenvalue weighted by Gasteiger charge is 2.36. The minimum absolute atomic E-state index is 0.0129. The van der Waals surface area contributed by atoms with E-state index in [1.807, 2.05) is 14.0 Å². The normalized spacial score (nSPS) is 16.2. The lowest BCUT2D eigenvalue weighted by Crippen LogP contribution is -2.24. The third-order valence-electron chi connectivity index (χ3n) is 7.16. The molecule has 1 aliphatic rings. The van der Waals surface area contributed by atoms with Gasteiger partial charge in [0.1, 0.15) is 5.69 Å². The molecule has 2 N–H and O–H groups in total. The van der Waals surface area contributed by atoms with Gasteiger partial charge < -0.3 is 15.5 Å². The van der Waals surface area contributed by atoms with Crippen molar-refractivity contribution in [3.8, 4) is 11.4 Å². The van der Waals surface area contributed by atoms with E-state index in [0.29, 0.717) is 40.8 Å². The SMILES string of the molecule is Cc1ccc(NC(=O)c2ccc(C3CCCCN(C)C3)cc2C(F)(F)F)cc1Nc1nccc(-c2cnccn2)n1. The molecule has 1 atom stereocenters. The number of carbonyl (C=O) groups excluding carboxylic acids is 1. The first-order valence-electron chi connectivity index (χ1n) is 13.4. The van der Waals surface area contributed by atoms with Gasteiger partial charge in [0.25, 0.3) is 5.91 Å². The maximum absolute atomic E-state index is 14.1. The minimum Gasteiger partial charge on any atom is -0.324 e. The van der Waals surface area contributed by atoms with Crippen LogP contribution in [0, 0.1) is 6.92 Å². The predicted molar refractivity (Wildman–Crippen MR) is 151 cm³/mol. The van der Waals surface area contributed by atoms with Gasteiger partial charge in [-0.1, -0.05) is 18.6 Å². The third-order valence-corrected chi connectivity index (χ3v) is 7.16. The number of amides is 1. The van der Waals surface area contributed by atoms with Gasteiger partial charge in [-0.3, -0.25) is 14.8 Å². The number of anilines is 3. The Labute approximate surface area is 236 Å². The molecule has 11 heteroatoms. The summed E-state index contributed by atoms with van der Waals surface area (Å²) in [5.74, 6) is -0.558. The fraction of sp³-hybridized carbons (Fsp3) is 0.300. The van der Waals surface area contributed by atoms with Crippen LogP contribution in [0.25, 0.3) is 11.4 Å². The number of halogens is 3. The van der Waals surface area contributed by atoms with E-state index in [0.717, 1.165) is 37.4 Å². The average molecular weight is 562 g/mol. The summed E-state index contributed by atoms with van der Waals surface area (Å²) in [5, 5.41) is 5.75. The van der Waals surface area contributed by atoms with Gasteiger partial charge >= 0.3 is 6.18 Å². The lowest BCUT2D eigenvalue weighted by Gasteiger charge is -2.22. The number of benzene rings is 2. The molecule has 4 aromatic rings. The van der Waals surface area contributed by atoms with E-state index >= 15 is 0 Å². The highest BCUT2D eigenvalue weighted by molar-refractivity contribution is 6.05. The smallest absolute Gasteiger partial charge is 0.324 e. The van der Waals surface area contributed by atoms with Crippen molar-refractivity contribution >= 4 is 23.2 Å². The van der Waals surface area contributed by atoms with Crippen LogP contribution in [-0.2, 0) is 6.18 Å². The molecule has 1 aliphatic heterocycles. The zero-order valence-corrected chi connectivity index (χ0v) is 22.7. The Bertz CT molecular complexity index is 1530. The van der Waals surface area contributed by atoms with Gasteiger partial charge in [-0.25, -0.2) is 9.97 Å². The van der Waals surface area contributed by atoms with Crippen LogP contribution in [0.15, 0.2) is 67.3 Å². The fourth-order valence-electron chi connectivity index (χ4n) is 5.00. The number of nitrogens with one attached hydrogen (secondary N) is 2. The number of likely N-dealkylation sites (N-methyl/N-ethyl adjacent to an activating group) is 1. The number of hydrogen-bond acceptors (Lipinski definition) is 7. The molecule has 5 rings (SSSR count). The lowest BCUT2D eigenvalue weighted by atomic mass is 9.91. The van der Waals surface area contributed by atoms with E-state index in [2.05, 4.69) is 35.5 Å². The van der Waals surface area contributed by atoms with Crippen LogP contribution in [0.5, 0.6) is 0 Å². The topological polar surface area (TPSA) is 95.9 Å². The Hall–Kier alpha value is -4.38. The van der Waals surface area contributed by atoms with Crippen LogP contribution < -0.4 is 10.6 Å². The number of rotatable bonds is 6. The van der Waals surface area contributed by atoms with Crippen molar-refractivity contribution in [1.29, 1.82) is 0 Å². The average Bonchev–Trinajstić information content (AvgIpc) is 3.19. The largest absolute Gasteiger partial charge is 0.417 e. The first-order valence-corrected chi connectivity index (χ1v) is 13.4. The van der Waals surface area contributed by atoms with Crippen molar-refractivity contribution in [2.24, 2.45) is 0 Å². The monoisotopic (exact) mass is 561 g/mol. The Morgan fingerprint density at radius 1 is 1.00 bits per heavy atom. The molecule has 1 unspecified atom stereocenters. The molecule has 0 aliphatic carbocycles. The molecule has 212 valence electrons. The van der Waals surface area contributed by atoms with Gasteiger partial charge in [0.05, 0.1) is 23.0 Å². The van der Waals surface area contributed by atoms with Gasteiger partial charge in [-0.05, 0) is 80.7 Å². The summed E-state index contributed by atoms with van der Waals surface area (Å²) in [5.41, 5.74) is 2.14. The molecule has 1 fully saturated rings. The second-order valence-corrected chi connectivity index (χ2v) is 10.2. The third kappa shape index (κ3) is 6.86. The first-order chi connectivity index (χ1) is 19.7. The van der Waals surface area contributed by atoms with Crippen LogP contribution in [-0.4, -0.2) is 50.9 Å². The van der Waals surface area contributed by atoms with Crippen LogP contribution in [0.2, 0.25) is 0 Å². The van der Waals surface area contributed by atoms with E-state index in [1.54, 1.807) is 55.1 Å². The number of carbonyl (C=O) groups is 1. The van der Waals surface area contributed by atoms with E-state index in [4.69, 9.17) is 0 Å². The Morgan fingerprint density at radius 2 is 1.85 bits per heavy atom. The van der Waals surface area contributed by atoms with Gasteiger partial charge in [0.15, 0.2) is 0 Å². The van der Waals surface area contributed by atoms with E-state index in [9.17, 15) is 18.0 Å². The van der Waals surface area contributed by atoms with Gasteiger partial charge in [-0.2, -0.15) is 13.2 Å². The zero-order chi connectivity index (χ0) is 29.0. The second kappa shape index (κ2) is 12.0. The number of hydrogen-bond donors (Lipinski definition) is 2. The molecule has 2 aromatic heterocycles. The van der Waals surface area contributed by atoms with Crippen LogP contribution in [0.3, 0.4) is 0 Å². The molecular weight excluding hydrogens is 531 g/mol. The quantitative estimate of drug-likeness (QED) is 0.279. The van der Waals surface area contributed by atoms with Crippen molar-refractivity contribution in [2.45, 2.75) is 38.3 Å². The van der Waals surface area contributed by atoms with Gasteiger partial charge in [0, 0.05) is 36.5 Å².